The van der Waals surface area contributed by atoms with Crippen LogP contribution in [0.5, 0.6) is 5.75 Å². The van der Waals surface area contributed by atoms with Gasteiger partial charge in [-0.3, -0.25) is 14.3 Å². The van der Waals surface area contributed by atoms with Gasteiger partial charge in [-0.25, -0.2) is 4.98 Å². The lowest BCUT2D eigenvalue weighted by Gasteiger charge is -2.34. The minimum atomic E-state index is -0.0193. The van der Waals surface area contributed by atoms with E-state index in [0.717, 1.165) is 31.6 Å². The molecule has 0 aliphatic carbocycles. The summed E-state index contributed by atoms with van der Waals surface area (Å²) in [5.41, 5.74) is 2.17. The predicted molar refractivity (Wildman–Crippen MR) is 106 cm³/mol. The molecule has 142 valence electrons. The van der Waals surface area contributed by atoms with Crippen molar-refractivity contribution in [2.45, 2.75) is 19.4 Å². The maximum Gasteiger partial charge on any atom is 0.261 e. The van der Waals surface area contributed by atoms with Gasteiger partial charge < -0.3 is 9.64 Å². The van der Waals surface area contributed by atoms with Crippen molar-refractivity contribution in [3.8, 4) is 11.8 Å². The molecule has 0 radical (unpaired) electrons. The van der Waals surface area contributed by atoms with Crippen molar-refractivity contribution < 1.29 is 4.74 Å². The Morgan fingerprint density at radius 2 is 2.11 bits per heavy atom. The van der Waals surface area contributed by atoms with Crippen molar-refractivity contribution in [1.29, 1.82) is 5.26 Å². The number of fused-ring (bicyclic) bond motifs is 1. The van der Waals surface area contributed by atoms with Crippen LogP contribution in [0.25, 0.3) is 10.9 Å². The van der Waals surface area contributed by atoms with Crippen molar-refractivity contribution in [2.24, 2.45) is 5.92 Å². The second kappa shape index (κ2) is 7.69. The van der Waals surface area contributed by atoms with E-state index in [0.29, 0.717) is 34.7 Å². The number of benzene rings is 1. The van der Waals surface area contributed by atoms with E-state index in [1.54, 1.807) is 54.7 Å². The van der Waals surface area contributed by atoms with Gasteiger partial charge in [0.1, 0.15) is 11.8 Å². The van der Waals surface area contributed by atoms with E-state index in [9.17, 15) is 10.1 Å². The molecule has 1 aliphatic rings. The molecule has 0 bridgehead atoms. The van der Waals surface area contributed by atoms with Crippen LogP contribution in [0.4, 0.5) is 5.69 Å². The third kappa shape index (κ3) is 3.41. The van der Waals surface area contributed by atoms with Gasteiger partial charge in [0.25, 0.3) is 5.56 Å². The van der Waals surface area contributed by atoms with Crippen LogP contribution in [0.2, 0.25) is 0 Å². The first-order valence-corrected chi connectivity index (χ1v) is 9.32. The summed E-state index contributed by atoms with van der Waals surface area (Å²) >= 11 is 0. The Bertz CT molecular complexity index is 1090. The van der Waals surface area contributed by atoms with Gasteiger partial charge in [0.15, 0.2) is 0 Å². The van der Waals surface area contributed by atoms with E-state index in [-0.39, 0.29) is 5.56 Å². The topological polar surface area (TPSA) is 84.0 Å². The summed E-state index contributed by atoms with van der Waals surface area (Å²) in [6.07, 6.45) is 6.93. The number of rotatable bonds is 4. The molecule has 3 heterocycles. The first kappa shape index (κ1) is 18.0. The Kier molecular flexibility index (Phi) is 4.94. The zero-order chi connectivity index (χ0) is 19.5. The lowest BCUT2D eigenvalue weighted by molar-refractivity contribution is 0.352. The lowest BCUT2D eigenvalue weighted by Crippen LogP contribution is -2.36. The summed E-state index contributed by atoms with van der Waals surface area (Å²) in [6.45, 7) is 2.34. The molecule has 0 unspecified atom stereocenters. The summed E-state index contributed by atoms with van der Waals surface area (Å²) in [4.78, 5) is 23.6. The van der Waals surface area contributed by atoms with Crippen molar-refractivity contribution in [1.82, 2.24) is 14.5 Å². The minimum absolute atomic E-state index is 0.0193. The molecule has 0 saturated carbocycles. The van der Waals surface area contributed by atoms with Crippen molar-refractivity contribution in [2.75, 3.05) is 25.1 Å². The number of anilines is 1. The van der Waals surface area contributed by atoms with Gasteiger partial charge in [0, 0.05) is 31.9 Å². The SMILES string of the molecule is COc1ccc2c(=O)n(CC3CCN(c4cnccc4C#N)CC3)cnc2c1. The molecule has 7 nitrogen and oxygen atoms in total. The maximum absolute atomic E-state index is 12.8. The van der Waals surface area contributed by atoms with Gasteiger partial charge in [0.05, 0.1) is 41.8 Å². The Labute approximate surface area is 162 Å². The Balaban J connectivity index is 1.47. The highest BCUT2D eigenvalue weighted by Crippen LogP contribution is 2.26. The standard InChI is InChI=1S/C21H21N5O2/c1-28-17-2-3-18-19(10-17)24-14-26(21(18)27)13-15-5-8-25(9-6-15)20-12-23-7-4-16(20)11-22/h2-4,7,10,12,14-15H,5-6,8-9,13H2,1H3. The molecule has 1 saturated heterocycles. The monoisotopic (exact) mass is 375 g/mol. The largest absolute Gasteiger partial charge is 0.497 e. The number of nitriles is 1. The molecule has 7 heteroatoms. The second-order valence-electron chi connectivity index (χ2n) is 7.02. The van der Waals surface area contributed by atoms with E-state index in [1.807, 2.05) is 0 Å². The number of nitrogens with zero attached hydrogens (tertiary/aromatic N) is 5. The van der Waals surface area contributed by atoms with Gasteiger partial charge in [-0.05, 0) is 37.0 Å². The third-order valence-corrected chi connectivity index (χ3v) is 5.36. The van der Waals surface area contributed by atoms with Crippen LogP contribution in [0, 0.1) is 17.2 Å². The van der Waals surface area contributed by atoms with Gasteiger partial charge in [-0.15, -0.1) is 0 Å². The second-order valence-corrected chi connectivity index (χ2v) is 7.02. The van der Waals surface area contributed by atoms with Gasteiger partial charge in [-0.1, -0.05) is 0 Å². The van der Waals surface area contributed by atoms with Crippen LogP contribution >= 0.6 is 0 Å². The van der Waals surface area contributed by atoms with Gasteiger partial charge in [-0.2, -0.15) is 5.26 Å². The van der Waals surface area contributed by atoms with Crippen molar-refractivity contribution in [3.05, 3.63) is 58.9 Å². The minimum Gasteiger partial charge on any atom is -0.497 e. The van der Waals surface area contributed by atoms with Crippen LogP contribution in [0.1, 0.15) is 18.4 Å². The van der Waals surface area contributed by atoms with E-state index >= 15 is 0 Å². The average Bonchev–Trinajstić information content (AvgIpc) is 2.76. The highest BCUT2D eigenvalue weighted by molar-refractivity contribution is 5.78. The molecule has 1 aliphatic heterocycles. The molecular weight excluding hydrogens is 354 g/mol. The molecule has 0 atom stereocenters. The zero-order valence-electron chi connectivity index (χ0n) is 15.7. The lowest BCUT2D eigenvalue weighted by atomic mass is 9.96. The van der Waals surface area contributed by atoms with Gasteiger partial charge >= 0.3 is 0 Å². The fraction of sp³-hybridized carbons (Fsp3) is 0.333. The van der Waals surface area contributed by atoms with E-state index < -0.39 is 0 Å². The molecule has 0 N–H and O–H groups in total. The molecule has 0 spiro atoms. The number of pyridine rings is 1. The molecule has 3 aromatic rings. The summed E-state index contributed by atoms with van der Waals surface area (Å²) in [5, 5.41) is 9.89. The van der Waals surface area contributed by atoms with Crippen LogP contribution in [-0.2, 0) is 6.54 Å². The van der Waals surface area contributed by atoms with E-state index in [2.05, 4.69) is 20.9 Å². The highest BCUT2D eigenvalue weighted by Gasteiger charge is 2.22. The Morgan fingerprint density at radius 1 is 1.29 bits per heavy atom. The van der Waals surface area contributed by atoms with Crippen LogP contribution in [0.15, 0.2) is 47.8 Å². The number of ether oxygens (including phenoxy) is 1. The smallest absolute Gasteiger partial charge is 0.261 e. The summed E-state index contributed by atoms with van der Waals surface area (Å²) in [5.74, 6) is 1.09. The number of hydrogen-bond donors (Lipinski definition) is 0. The first-order valence-electron chi connectivity index (χ1n) is 9.32. The number of piperidine rings is 1. The van der Waals surface area contributed by atoms with Crippen molar-refractivity contribution >= 4 is 16.6 Å². The predicted octanol–water partition coefficient (Wildman–Crippen LogP) is 2.59. The fourth-order valence-electron chi connectivity index (χ4n) is 3.76. The quantitative estimate of drug-likeness (QED) is 0.697. The van der Waals surface area contributed by atoms with E-state index in [1.165, 1.54) is 0 Å². The van der Waals surface area contributed by atoms with E-state index in [4.69, 9.17) is 4.74 Å². The Hall–Kier alpha value is -3.40. The normalized spacial score (nSPS) is 14.8. The molecule has 0 amide bonds. The molecule has 2 aromatic heterocycles. The average molecular weight is 375 g/mol. The summed E-state index contributed by atoms with van der Waals surface area (Å²) in [7, 11) is 1.60. The first-order chi connectivity index (χ1) is 13.7. The van der Waals surface area contributed by atoms with Crippen LogP contribution in [0.3, 0.4) is 0 Å². The van der Waals surface area contributed by atoms with Crippen molar-refractivity contribution in [3.63, 3.8) is 0 Å². The number of aromatic nitrogens is 3. The molecule has 1 fully saturated rings. The Morgan fingerprint density at radius 3 is 2.86 bits per heavy atom. The molecule has 1 aromatic carbocycles. The molecule has 28 heavy (non-hydrogen) atoms. The van der Waals surface area contributed by atoms with Crippen LogP contribution < -0.4 is 15.2 Å². The number of hydrogen-bond acceptors (Lipinski definition) is 6. The third-order valence-electron chi connectivity index (χ3n) is 5.36. The maximum atomic E-state index is 12.8. The molecular formula is C21H21N5O2. The highest BCUT2D eigenvalue weighted by atomic mass is 16.5. The van der Waals surface area contributed by atoms with Gasteiger partial charge in [0.2, 0.25) is 0 Å². The van der Waals surface area contributed by atoms with Crippen LogP contribution in [-0.4, -0.2) is 34.7 Å². The zero-order valence-corrected chi connectivity index (χ0v) is 15.7. The number of methoxy groups -OCH3 is 1. The molecule has 4 rings (SSSR count). The summed E-state index contributed by atoms with van der Waals surface area (Å²) < 4.78 is 6.91. The summed E-state index contributed by atoms with van der Waals surface area (Å²) in [6, 6.07) is 9.32. The fourth-order valence-corrected chi connectivity index (χ4v) is 3.76.